The highest BCUT2D eigenvalue weighted by molar-refractivity contribution is 9.10. The second-order valence-corrected chi connectivity index (χ2v) is 4.34. The van der Waals surface area contributed by atoms with Gasteiger partial charge in [-0.25, -0.2) is 4.79 Å². The molecule has 0 spiro atoms. The van der Waals surface area contributed by atoms with Crippen LogP contribution in [0.25, 0.3) is 0 Å². The van der Waals surface area contributed by atoms with E-state index in [9.17, 15) is 9.59 Å². The summed E-state index contributed by atoms with van der Waals surface area (Å²) in [5, 5.41) is 11.4. The van der Waals surface area contributed by atoms with Crippen molar-refractivity contribution in [2.45, 2.75) is 6.92 Å². The van der Waals surface area contributed by atoms with E-state index in [2.05, 4.69) is 21.2 Å². The molecule has 0 aliphatic rings. The van der Waals surface area contributed by atoms with E-state index in [1.165, 1.54) is 19.2 Å². The van der Waals surface area contributed by atoms with E-state index < -0.39 is 5.97 Å². The zero-order valence-corrected chi connectivity index (χ0v) is 12.1. The van der Waals surface area contributed by atoms with Gasteiger partial charge in [-0.05, 0) is 35.0 Å². The highest BCUT2D eigenvalue weighted by Crippen LogP contribution is 2.36. The van der Waals surface area contributed by atoms with Gasteiger partial charge in [0.15, 0.2) is 18.1 Å². The molecule has 6 nitrogen and oxygen atoms in total. The van der Waals surface area contributed by atoms with E-state index in [1.807, 2.05) is 0 Å². The predicted octanol–water partition coefficient (Wildman–Crippen LogP) is 1.67. The summed E-state index contributed by atoms with van der Waals surface area (Å²) in [4.78, 5) is 22.1. The Hall–Kier alpha value is -1.76. The van der Waals surface area contributed by atoms with Gasteiger partial charge in [0.25, 0.3) is 5.91 Å². The largest absolute Gasteiger partial charge is 0.490 e. The summed E-state index contributed by atoms with van der Waals surface area (Å²) in [5.74, 6) is -0.787. The number of aromatic carboxylic acids is 1. The SMILES string of the molecule is CCOc1cc(C(=O)O)cc(Br)c1OCC(=O)NC. The van der Waals surface area contributed by atoms with Crippen molar-refractivity contribution in [1.29, 1.82) is 0 Å². The van der Waals surface area contributed by atoms with Crippen LogP contribution in [0.5, 0.6) is 11.5 Å². The number of halogens is 1. The Bertz CT molecular complexity index is 489. The van der Waals surface area contributed by atoms with Gasteiger partial charge < -0.3 is 19.9 Å². The van der Waals surface area contributed by atoms with Gasteiger partial charge in [0.1, 0.15) is 0 Å². The third-order valence-corrected chi connectivity index (χ3v) is 2.77. The quantitative estimate of drug-likeness (QED) is 0.828. The fraction of sp³-hybridized carbons (Fsp3) is 0.333. The monoisotopic (exact) mass is 331 g/mol. The fourth-order valence-electron chi connectivity index (χ4n) is 1.30. The molecule has 0 aliphatic carbocycles. The first-order valence-corrected chi connectivity index (χ1v) is 6.31. The van der Waals surface area contributed by atoms with Gasteiger partial charge in [0.05, 0.1) is 16.6 Å². The number of rotatable bonds is 6. The lowest BCUT2D eigenvalue weighted by molar-refractivity contribution is -0.122. The zero-order valence-electron chi connectivity index (χ0n) is 10.5. The number of carbonyl (C=O) groups excluding carboxylic acids is 1. The number of nitrogens with one attached hydrogen (secondary N) is 1. The van der Waals surface area contributed by atoms with Gasteiger partial charge in [-0.15, -0.1) is 0 Å². The molecule has 19 heavy (non-hydrogen) atoms. The molecule has 0 aliphatic heterocycles. The Morgan fingerprint density at radius 1 is 1.37 bits per heavy atom. The van der Waals surface area contributed by atoms with E-state index in [1.54, 1.807) is 6.92 Å². The van der Waals surface area contributed by atoms with E-state index >= 15 is 0 Å². The molecule has 1 aromatic rings. The van der Waals surface area contributed by atoms with Gasteiger partial charge in [-0.3, -0.25) is 4.79 Å². The molecule has 1 amide bonds. The molecule has 0 bridgehead atoms. The fourth-order valence-corrected chi connectivity index (χ4v) is 1.86. The third-order valence-electron chi connectivity index (χ3n) is 2.18. The minimum atomic E-state index is -1.07. The van der Waals surface area contributed by atoms with Crippen molar-refractivity contribution in [3.8, 4) is 11.5 Å². The third kappa shape index (κ3) is 4.13. The lowest BCUT2D eigenvalue weighted by Crippen LogP contribution is -2.25. The van der Waals surface area contributed by atoms with Gasteiger partial charge >= 0.3 is 5.97 Å². The van der Waals surface area contributed by atoms with Crippen molar-refractivity contribution >= 4 is 27.8 Å². The number of likely N-dealkylation sites (N-methyl/N-ethyl adjacent to an activating group) is 1. The van der Waals surface area contributed by atoms with Crippen molar-refractivity contribution in [1.82, 2.24) is 5.32 Å². The predicted molar refractivity (Wildman–Crippen MR) is 71.8 cm³/mol. The maximum atomic E-state index is 11.2. The summed E-state index contributed by atoms with van der Waals surface area (Å²) in [6, 6.07) is 2.75. The van der Waals surface area contributed by atoms with E-state index in [0.717, 1.165) is 0 Å². The van der Waals surface area contributed by atoms with Crippen LogP contribution in [0.2, 0.25) is 0 Å². The highest BCUT2D eigenvalue weighted by Gasteiger charge is 2.16. The van der Waals surface area contributed by atoms with E-state index in [-0.39, 0.29) is 23.8 Å². The molecule has 0 saturated carbocycles. The molecular formula is C12H14BrNO5. The number of ether oxygens (including phenoxy) is 2. The Kier molecular flexibility index (Phi) is 5.62. The second-order valence-electron chi connectivity index (χ2n) is 3.49. The number of hydrogen-bond donors (Lipinski definition) is 2. The molecular weight excluding hydrogens is 318 g/mol. The van der Waals surface area contributed by atoms with E-state index in [4.69, 9.17) is 14.6 Å². The maximum absolute atomic E-state index is 11.2. The molecule has 0 aromatic heterocycles. The average Bonchev–Trinajstić information content (AvgIpc) is 2.37. The topological polar surface area (TPSA) is 84.9 Å². The summed E-state index contributed by atoms with van der Waals surface area (Å²) in [6.07, 6.45) is 0. The summed E-state index contributed by atoms with van der Waals surface area (Å²) in [7, 11) is 1.50. The van der Waals surface area contributed by atoms with Crippen LogP contribution in [-0.4, -0.2) is 37.2 Å². The van der Waals surface area contributed by atoms with Crippen molar-refractivity contribution < 1.29 is 24.2 Å². The molecule has 0 heterocycles. The van der Waals surface area contributed by atoms with Crippen molar-refractivity contribution in [3.05, 3.63) is 22.2 Å². The number of benzene rings is 1. The number of carboxylic acids is 1. The molecule has 0 radical (unpaired) electrons. The smallest absolute Gasteiger partial charge is 0.335 e. The molecule has 1 aromatic carbocycles. The molecule has 2 N–H and O–H groups in total. The Labute approximate surface area is 118 Å². The maximum Gasteiger partial charge on any atom is 0.335 e. The molecule has 0 saturated heterocycles. The number of carbonyl (C=O) groups is 2. The summed E-state index contributed by atoms with van der Waals surface area (Å²) >= 11 is 3.21. The Balaban J connectivity index is 3.06. The standard InChI is InChI=1S/C12H14BrNO5/c1-3-18-9-5-7(12(16)17)4-8(13)11(9)19-6-10(15)14-2/h4-5H,3,6H2,1-2H3,(H,14,15)(H,16,17). The molecule has 0 fully saturated rings. The van der Waals surface area contributed by atoms with Gasteiger partial charge in [-0.2, -0.15) is 0 Å². The highest BCUT2D eigenvalue weighted by atomic mass is 79.9. The molecule has 0 atom stereocenters. The summed E-state index contributed by atoms with van der Waals surface area (Å²) in [6.45, 7) is 1.94. The van der Waals surface area contributed by atoms with Gasteiger partial charge in [-0.1, -0.05) is 0 Å². The number of carboxylic acid groups (broad SMARTS) is 1. The van der Waals surface area contributed by atoms with Crippen LogP contribution in [0.3, 0.4) is 0 Å². The van der Waals surface area contributed by atoms with Crippen LogP contribution >= 0.6 is 15.9 Å². The lowest BCUT2D eigenvalue weighted by Gasteiger charge is -2.14. The minimum absolute atomic E-state index is 0.0719. The van der Waals surface area contributed by atoms with Crippen LogP contribution in [0.4, 0.5) is 0 Å². The Morgan fingerprint density at radius 2 is 2.05 bits per heavy atom. The van der Waals surface area contributed by atoms with Gasteiger partial charge in [0, 0.05) is 7.05 Å². The van der Waals surface area contributed by atoms with Crippen LogP contribution in [0, 0.1) is 0 Å². The van der Waals surface area contributed by atoms with Crippen LogP contribution < -0.4 is 14.8 Å². The van der Waals surface area contributed by atoms with Crippen molar-refractivity contribution in [3.63, 3.8) is 0 Å². The normalized spacial score (nSPS) is 9.84. The average molecular weight is 332 g/mol. The van der Waals surface area contributed by atoms with Crippen molar-refractivity contribution in [2.24, 2.45) is 0 Å². The van der Waals surface area contributed by atoms with Gasteiger partial charge in [0.2, 0.25) is 0 Å². The van der Waals surface area contributed by atoms with Crippen LogP contribution in [-0.2, 0) is 4.79 Å². The zero-order chi connectivity index (χ0) is 14.4. The first-order chi connectivity index (χ1) is 8.99. The molecule has 0 unspecified atom stereocenters. The summed E-state index contributed by atoms with van der Waals surface area (Å²) in [5.41, 5.74) is 0.0719. The lowest BCUT2D eigenvalue weighted by atomic mass is 10.2. The molecule has 104 valence electrons. The first-order valence-electron chi connectivity index (χ1n) is 5.52. The van der Waals surface area contributed by atoms with Crippen LogP contribution in [0.15, 0.2) is 16.6 Å². The second kappa shape index (κ2) is 6.98. The number of amides is 1. The van der Waals surface area contributed by atoms with E-state index in [0.29, 0.717) is 16.8 Å². The summed E-state index contributed by atoms with van der Waals surface area (Å²) < 4.78 is 11.1. The number of hydrogen-bond acceptors (Lipinski definition) is 4. The first kappa shape index (κ1) is 15.3. The Morgan fingerprint density at radius 3 is 2.58 bits per heavy atom. The van der Waals surface area contributed by atoms with Crippen LogP contribution in [0.1, 0.15) is 17.3 Å². The minimum Gasteiger partial charge on any atom is -0.490 e. The van der Waals surface area contributed by atoms with Crippen molar-refractivity contribution in [2.75, 3.05) is 20.3 Å². The molecule has 1 rings (SSSR count). The molecule has 7 heteroatoms.